The van der Waals surface area contributed by atoms with Gasteiger partial charge in [0, 0.05) is 12.1 Å². The third-order valence-corrected chi connectivity index (χ3v) is 4.84. The Labute approximate surface area is 119 Å². The molecule has 19 heavy (non-hydrogen) atoms. The Morgan fingerprint density at radius 3 is 2.05 bits per heavy atom. The third-order valence-electron chi connectivity index (χ3n) is 2.78. The minimum Gasteiger partial charge on any atom is -0.315 e. The topological polar surface area (TPSA) is 58.2 Å². The average Bonchev–Trinajstić information content (AvgIpc) is 2.11. The molecule has 116 valence electrons. The normalized spacial score (nSPS) is 15.5. The van der Waals surface area contributed by atoms with Crippen molar-refractivity contribution >= 4 is 10.0 Å². The molecule has 0 fully saturated rings. The maximum atomic E-state index is 12.3. The summed E-state index contributed by atoms with van der Waals surface area (Å²) in [5.41, 5.74) is -0.328. The molecule has 5 heteroatoms. The van der Waals surface area contributed by atoms with Gasteiger partial charge in [0.1, 0.15) is 0 Å². The van der Waals surface area contributed by atoms with Crippen LogP contribution in [0.1, 0.15) is 61.3 Å². The molecular weight excluding hydrogens is 260 g/mol. The molecule has 0 aromatic rings. The van der Waals surface area contributed by atoms with Crippen LogP contribution < -0.4 is 10.0 Å². The van der Waals surface area contributed by atoms with Crippen LogP contribution in [-0.2, 0) is 10.0 Å². The first kappa shape index (κ1) is 18.9. The Kier molecular flexibility index (Phi) is 7.00. The molecule has 0 spiro atoms. The van der Waals surface area contributed by atoms with Crippen molar-refractivity contribution in [2.45, 2.75) is 72.1 Å². The maximum absolute atomic E-state index is 12.3. The Morgan fingerprint density at radius 2 is 1.63 bits per heavy atom. The number of rotatable bonds is 8. The van der Waals surface area contributed by atoms with Crippen LogP contribution in [0.2, 0.25) is 0 Å². The molecule has 0 saturated heterocycles. The molecule has 0 rings (SSSR count). The van der Waals surface area contributed by atoms with E-state index in [2.05, 4.69) is 37.7 Å². The van der Waals surface area contributed by atoms with Crippen molar-refractivity contribution in [3.05, 3.63) is 0 Å². The zero-order valence-electron chi connectivity index (χ0n) is 13.6. The first-order chi connectivity index (χ1) is 8.40. The van der Waals surface area contributed by atoms with Crippen LogP contribution in [0.15, 0.2) is 0 Å². The molecule has 0 aliphatic rings. The molecule has 0 radical (unpaired) electrons. The van der Waals surface area contributed by atoms with E-state index in [9.17, 15) is 8.42 Å². The zero-order chi connectivity index (χ0) is 15.3. The lowest BCUT2D eigenvalue weighted by Crippen LogP contribution is -2.50. The maximum Gasteiger partial charge on any atom is 0.215 e. The van der Waals surface area contributed by atoms with Crippen molar-refractivity contribution in [3.8, 4) is 0 Å². The highest BCUT2D eigenvalue weighted by Crippen LogP contribution is 2.27. The first-order valence-corrected chi connectivity index (χ1v) is 8.68. The Morgan fingerprint density at radius 1 is 1.11 bits per heavy atom. The SMILES string of the molecule is CCCNCC(C)S(=O)(=O)NC(C)(C)CC(C)(C)C. The van der Waals surface area contributed by atoms with Gasteiger partial charge in [0.25, 0.3) is 0 Å². The van der Waals surface area contributed by atoms with Gasteiger partial charge >= 0.3 is 0 Å². The van der Waals surface area contributed by atoms with Gasteiger partial charge in [0.2, 0.25) is 10.0 Å². The second-order valence-corrected chi connectivity index (χ2v) is 9.38. The highest BCUT2D eigenvalue weighted by atomic mass is 32.2. The average molecular weight is 292 g/mol. The van der Waals surface area contributed by atoms with Gasteiger partial charge in [-0.25, -0.2) is 13.1 Å². The lowest BCUT2D eigenvalue weighted by Gasteiger charge is -2.34. The summed E-state index contributed by atoms with van der Waals surface area (Å²) < 4.78 is 27.4. The lowest BCUT2D eigenvalue weighted by molar-refractivity contribution is 0.269. The number of sulfonamides is 1. The van der Waals surface area contributed by atoms with E-state index in [0.29, 0.717) is 6.54 Å². The fraction of sp³-hybridized carbons (Fsp3) is 1.00. The fourth-order valence-electron chi connectivity index (χ4n) is 2.44. The van der Waals surface area contributed by atoms with E-state index < -0.39 is 20.8 Å². The third kappa shape index (κ3) is 8.60. The minimum atomic E-state index is -3.28. The predicted molar refractivity (Wildman–Crippen MR) is 82.8 cm³/mol. The Bertz CT molecular complexity index is 356. The van der Waals surface area contributed by atoms with Gasteiger partial charge < -0.3 is 5.32 Å². The lowest BCUT2D eigenvalue weighted by atomic mass is 9.82. The van der Waals surface area contributed by atoms with Crippen LogP contribution in [0.5, 0.6) is 0 Å². The van der Waals surface area contributed by atoms with E-state index in [1.165, 1.54) is 0 Å². The smallest absolute Gasteiger partial charge is 0.215 e. The van der Waals surface area contributed by atoms with E-state index in [1.807, 2.05) is 13.8 Å². The van der Waals surface area contributed by atoms with Crippen LogP contribution in [0.3, 0.4) is 0 Å². The van der Waals surface area contributed by atoms with Gasteiger partial charge in [-0.15, -0.1) is 0 Å². The summed E-state index contributed by atoms with van der Waals surface area (Å²) in [6, 6.07) is 0. The van der Waals surface area contributed by atoms with Gasteiger partial charge in [-0.05, 0) is 45.6 Å². The summed E-state index contributed by atoms with van der Waals surface area (Å²) in [5, 5.41) is 2.74. The molecule has 0 aliphatic carbocycles. The molecule has 0 aromatic heterocycles. The van der Waals surface area contributed by atoms with E-state index in [-0.39, 0.29) is 5.41 Å². The van der Waals surface area contributed by atoms with Crippen molar-refractivity contribution in [2.24, 2.45) is 5.41 Å². The Hall–Kier alpha value is -0.130. The van der Waals surface area contributed by atoms with Crippen LogP contribution in [0.4, 0.5) is 0 Å². The van der Waals surface area contributed by atoms with Gasteiger partial charge in [0.05, 0.1) is 5.25 Å². The molecule has 0 saturated carbocycles. The van der Waals surface area contributed by atoms with Crippen molar-refractivity contribution in [1.82, 2.24) is 10.0 Å². The van der Waals surface area contributed by atoms with Crippen LogP contribution in [0, 0.1) is 5.41 Å². The second kappa shape index (κ2) is 7.04. The molecule has 1 atom stereocenters. The minimum absolute atomic E-state index is 0.0930. The van der Waals surface area contributed by atoms with Crippen LogP contribution in [-0.4, -0.2) is 32.3 Å². The molecule has 0 aromatic carbocycles. The highest BCUT2D eigenvalue weighted by Gasteiger charge is 2.32. The number of hydrogen-bond acceptors (Lipinski definition) is 3. The summed E-state index contributed by atoms with van der Waals surface area (Å²) in [4.78, 5) is 0. The summed E-state index contributed by atoms with van der Waals surface area (Å²) >= 11 is 0. The van der Waals surface area contributed by atoms with E-state index >= 15 is 0 Å². The van der Waals surface area contributed by atoms with Crippen molar-refractivity contribution in [2.75, 3.05) is 13.1 Å². The van der Waals surface area contributed by atoms with Crippen molar-refractivity contribution in [1.29, 1.82) is 0 Å². The van der Waals surface area contributed by atoms with Gasteiger partial charge in [-0.1, -0.05) is 27.7 Å². The van der Waals surface area contributed by atoms with Crippen LogP contribution >= 0.6 is 0 Å². The molecule has 0 amide bonds. The molecule has 2 N–H and O–H groups in total. The summed E-state index contributed by atoms with van der Waals surface area (Å²) in [7, 11) is -3.28. The molecular formula is C14H32N2O2S. The van der Waals surface area contributed by atoms with E-state index in [0.717, 1.165) is 19.4 Å². The van der Waals surface area contributed by atoms with Crippen molar-refractivity contribution < 1.29 is 8.42 Å². The fourth-order valence-corrected chi connectivity index (χ4v) is 3.82. The zero-order valence-corrected chi connectivity index (χ0v) is 14.4. The summed E-state index contributed by atoms with van der Waals surface area (Å²) in [5.74, 6) is 0. The van der Waals surface area contributed by atoms with Crippen LogP contribution in [0.25, 0.3) is 0 Å². The monoisotopic (exact) mass is 292 g/mol. The van der Waals surface area contributed by atoms with Gasteiger partial charge in [-0.3, -0.25) is 0 Å². The molecule has 0 bridgehead atoms. The Balaban J connectivity index is 4.58. The molecule has 4 nitrogen and oxygen atoms in total. The van der Waals surface area contributed by atoms with Crippen molar-refractivity contribution in [3.63, 3.8) is 0 Å². The first-order valence-electron chi connectivity index (χ1n) is 7.13. The van der Waals surface area contributed by atoms with Gasteiger partial charge in [-0.2, -0.15) is 0 Å². The molecule has 1 unspecified atom stereocenters. The standard InChI is InChI=1S/C14H32N2O2S/c1-8-9-15-10-12(2)19(17,18)16-14(6,7)11-13(3,4)5/h12,15-16H,8-11H2,1-7H3. The molecule has 0 heterocycles. The van der Waals surface area contributed by atoms with E-state index in [4.69, 9.17) is 0 Å². The highest BCUT2D eigenvalue weighted by molar-refractivity contribution is 7.90. The summed E-state index contributed by atoms with van der Waals surface area (Å²) in [6.07, 6.45) is 1.81. The number of nitrogens with one attached hydrogen (secondary N) is 2. The second-order valence-electron chi connectivity index (χ2n) is 7.28. The molecule has 0 aliphatic heterocycles. The number of hydrogen-bond donors (Lipinski definition) is 2. The predicted octanol–water partition coefficient (Wildman–Crippen LogP) is 2.51. The van der Waals surface area contributed by atoms with Gasteiger partial charge in [0.15, 0.2) is 0 Å². The summed E-state index contributed by atoms with van der Waals surface area (Å²) in [6.45, 7) is 15.4. The largest absolute Gasteiger partial charge is 0.315 e. The quantitative estimate of drug-likeness (QED) is 0.676. The van der Waals surface area contributed by atoms with E-state index in [1.54, 1.807) is 6.92 Å².